The van der Waals surface area contributed by atoms with Crippen LogP contribution in [0.5, 0.6) is 0 Å². The summed E-state index contributed by atoms with van der Waals surface area (Å²) in [7, 11) is 0. The summed E-state index contributed by atoms with van der Waals surface area (Å²) in [5.74, 6) is -0.185. The average molecular weight is 231 g/mol. The number of carbonyl (C=O) groups is 1. The van der Waals surface area contributed by atoms with Crippen LogP contribution in [0.1, 0.15) is 31.9 Å². The Morgan fingerprint density at radius 1 is 1.35 bits per heavy atom. The number of cyclic esters (lactones) is 1. The van der Waals surface area contributed by atoms with Crippen LogP contribution in [-0.4, -0.2) is 12.6 Å². The summed E-state index contributed by atoms with van der Waals surface area (Å²) in [5.41, 5.74) is 2.90. The largest absolute Gasteiger partial charge is 0.462 e. The second kappa shape index (κ2) is 5.04. The lowest BCUT2D eigenvalue weighted by molar-refractivity contribution is -0.135. The minimum absolute atomic E-state index is 0.185. The van der Waals surface area contributed by atoms with Gasteiger partial charge in [0, 0.05) is 18.2 Å². The third-order valence-electron chi connectivity index (χ3n) is 3.02. The van der Waals surface area contributed by atoms with Crippen LogP contribution in [-0.2, 0) is 9.53 Å². The number of hydrogen-bond acceptors (Lipinski definition) is 3. The highest BCUT2D eigenvalue weighted by Gasteiger charge is 2.21. The highest BCUT2D eigenvalue weighted by atomic mass is 16.5. The molecule has 3 nitrogen and oxygen atoms in total. The summed E-state index contributed by atoms with van der Waals surface area (Å²) in [4.78, 5) is 11.4. The molecule has 1 heterocycles. The fraction of sp³-hybridized carbons (Fsp3) is 0.357. The van der Waals surface area contributed by atoms with Crippen molar-refractivity contribution in [1.82, 2.24) is 5.32 Å². The van der Waals surface area contributed by atoms with Crippen molar-refractivity contribution in [3.8, 4) is 0 Å². The molecule has 1 atom stereocenters. The molecule has 0 spiro atoms. The molecule has 1 aromatic rings. The first kappa shape index (κ1) is 11.7. The normalized spacial score (nSPS) is 19.8. The monoisotopic (exact) mass is 231 g/mol. The van der Waals surface area contributed by atoms with E-state index < -0.39 is 0 Å². The number of allylic oxidation sites excluding steroid dienone is 1. The van der Waals surface area contributed by atoms with E-state index in [1.54, 1.807) is 0 Å². The Morgan fingerprint density at radius 2 is 2.06 bits per heavy atom. The molecular formula is C14H17NO2. The number of hydrogen-bond donors (Lipinski definition) is 1. The molecule has 1 saturated heterocycles. The molecule has 0 bridgehead atoms. The zero-order valence-electron chi connectivity index (χ0n) is 10.2. The smallest absolute Gasteiger partial charge is 0.335 e. The van der Waals surface area contributed by atoms with Crippen LogP contribution in [0.25, 0.3) is 0 Å². The molecule has 17 heavy (non-hydrogen) atoms. The van der Waals surface area contributed by atoms with E-state index >= 15 is 0 Å². The molecule has 1 aliphatic heterocycles. The zero-order valence-corrected chi connectivity index (χ0v) is 10.2. The van der Waals surface area contributed by atoms with Gasteiger partial charge in [0.2, 0.25) is 0 Å². The van der Waals surface area contributed by atoms with Gasteiger partial charge in [0.05, 0.1) is 12.2 Å². The number of carbonyl (C=O) groups excluding carboxylic acids is 1. The fourth-order valence-corrected chi connectivity index (χ4v) is 2.01. The summed E-state index contributed by atoms with van der Waals surface area (Å²) < 4.78 is 4.94. The van der Waals surface area contributed by atoms with Crippen LogP contribution >= 0.6 is 0 Å². The second-order valence-corrected chi connectivity index (χ2v) is 4.27. The van der Waals surface area contributed by atoms with Gasteiger partial charge in [0.25, 0.3) is 0 Å². The minimum atomic E-state index is -0.185. The Kier molecular flexibility index (Phi) is 3.47. The standard InChI is InChI=1S/C14H17NO2/c1-10(12-6-4-3-5-7-12)15-11(2)13-8-9-17-14(13)16/h3-7,10,15H,8-9H2,1-2H3/b13-11-/t10-/m1/s1. The fourth-order valence-electron chi connectivity index (χ4n) is 2.01. The quantitative estimate of drug-likeness (QED) is 0.641. The minimum Gasteiger partial charge on any atom is -0.462 e. The van der Waals surface area contributed by atoms with Gasteiger partial charge in [-0.2, -0.15) is 0 Å². The molecule has 90 valence electrons. The molecule has 0 aliphatic carbocycles. The van der Waals surface area contributed by atoms with E-state index in [1.165, 1.54) is 5.56 Å². The van der Waals surface area contributed by atoms with Crippen LogP contribution in [0, 0.1) is 0 Å². The first-order chi connectivity index (χ1) is 8.18. The summed E-state index contributed by atoms with van der Waals surface area (Å²) in [5, 5.41) is 3.35. The van der Waals surface area contributed by atoms with Crippen molar-refractivity contribution < 1.29 is 9.53 Å². The van der Waals surface area contributed by atoms with Crippen molar-refractivity contribution in [3.63, 3.8) is 0 Å². The first-order valence-electron chi connectivity index (χ1n) is 5.87. The number of esters is 1. The summed E-state index contributed by atoms with van der Waals surface area (Å²) >= 11 is 0. The van der Waals surface area contributed by atoms with Crippen LogP contribution in [0.3, 0.4) is 0 Å². The van der Waals surface area contributed by atoms with Gasteiger partial charge in [-0.25, -0.2) is 4.79 Å². The molecule has 2 rings (SSSR count). The number of benzene rings is 1. The Balaban J connectivity index is 2.09. The molecule has 0 unspecified atom stereocenters. The zero-order chi connectivity index (χ0) is 12.3. The molecule has 1 aromatic carbocycles. The molecule has 1 aliphatic rings. The van der Waals surface area contributed by atoms with Gasteiger partial charge in [0.15, 0.2) is 0 Å². The van der Waals surface area contributed by atoms with Crippen molar-refractivity contribution in [2.24, 2.45) is 0 Å². The van der Waals surface area contributed by atoms with Gasteiger partial charge in [-0.15, -0.1) is 0 Å². The van der Waals surface area contributed by atoms with Gasteiger partial charge >= 0.3 is 5.97 Å². The summed E-state index contributed by atoms with van der Waals surface area (Å²) in [6.45, 7) is 4.52. The molecule has 0 amide bonds. The first-order valence-corrected chi connectivity index (χ1v) is 5.87. The van der Waals surface area contributed by atoms with Crippen LogP contribution in [0.15, 0.2) is 41.6 Å². The number of rotatable bonds is 3. The molecule has 1 N–H and O–H groups in total. The molecular weight excluding hydrogens is 214 g/mol. The Morgan fingerprint density at radius 3 is 2.65 bits per heavy atom. The summed E-state index contributed by atoms with van der Waals surface area (Å²) in [6, 6.07) is 10.4. The maximum Gasteiger partial charge on any atom is 0.335 e. The topological polar surface area (TPSA) is 38.3 Å². The lowest BCUT2D eigenvalue weighted by atomic mass is 10.1. The highest BCUT2D eigenvalue weighted by molar-refractivity contribution is 5.90. The summed E-state index contributed by atoms with van der Waals surface area (Å²) in [6.07, 6.45) is 0.708. The third kappa shape index (κ3) is 2.67. The van der Waals surface area contributed by atoms with E-state index in [0.717, 1.165) is 11.3 Å². The van der Waals surface area contributed by atoms with E-state index in [-0.39, 0.29) is 12.0 Å². The van der Waals surface area contributed by atoms with Crippen molar-refractivity contribution >= 4 is 5.97 Å². The van der Waals surface area contributed by atoms with E-state index in [9.17, 15) is 4.79 Å². The molecule has 3 heteroatoms. The predicted molar refractivity (Wildman–Crippen MR) is 66.3 cm³/mol. The van der Waals surface area contributed by atoms with Gasteiger partial charge in [-0.05, 0) is 19.4 Å². The lowest BCUT2D eigenvalue weighted by Crippen LogP contribution is -2.19. The molecule has 0 aromatic heterocycles. The van der Waals surface area contributed by atoms with E-state index in [1.807, 2.05) is 25.1 Å². The number of ether oxygens (including phenoxy) is 1. The van der Waals surface area contributed by atoms with E-state index in [4.69, 9.17) is 4.74 Å². The van der Waals surface area contributed by atoms with Crippen molar-refractivity contribution in [1.29, 1.82) is 0 Å². The Bertz CT molecular complexity index is 437. The van der Waals surface area contributed by atoms with Crippen LogP contribution < -0.4 is 5.32 Å². The van der Waals surface area contributed by atoms with Gasteiger partial charge in [0.1, 0.15) is 0 Å². The highest BCUT2D eigenvalue weighted by Crippen LogP contribution is 2.19. The second-order valence-electron chi connectivity index (χ2n) is 4.27. The Labute approximate surface area is 101 Å². The predicted octanol–water partition coefficient (Wildman–Crippen LogP) is 2.56. The van der Waals surface area contributed by atoms with E-state index in [0.29, 0.717) is 13.0 Å². The van der Waals surface area contributed by atoms with Gasteiger partial charge in [-0.1, -0.05) is 30.3 Å². The van der Waals surface area contributed by atoms with Crippen molar-refractivity contribution in [3.05, 3.63) is 47.2 Å². The van der Waals surface area contributed by atoms with E-state index in [2.05, 4.69) is 24.4 Å². The maximum atomic E-state index is 11.4. The maximum absolute atomic E-state index is 11.4. The Hall–Kier alpha value is -1.77. The molecule has 1 fully saturated rings. The number of nitrogens with one attached hydrogen (secondary N) is 1. The third-order valence-corrected chi connectivity index (χ3v) is 3.02. The SMILES string of the molecule is C/C(N[C@H](C)c1ccccc1)=C1\CCOC1=O. The molecule has 0 saturated carbocycles. The lowest BCUT2D eigenvalue weighted by Gasteiger charge is -2.16. The van der Waals surface area contributed by atoms with Gasteiger partial charge in [-0.3, -0.25) is 0 Å². The average Bonchev–Trinajstić information content (AvgIpc) is 2.76. The van der Waals surface area contributed by atoms with Gasteiger partial charge < -0.3 is 10.1 Å². The van der Waals surface area contributed by atoms with Crippen molar-refractivity contribution in [2.45, 2.75) is 26.3 Å². The van der Waals surface area contributed by atoms with Crippen LogP contribution in [0.2, 0.25) is 0 Å². The van der Waals surface area contributed by atoms with Crippen molar-refractivity contribution in [2.75, 3.05) is 6.61 Å². The molecule has 0 radical (unpaired) electrons. The van der Waals surface area contributed by atoms with Crippen LogP contribution in [0.4, 0.5) is 0 Å².